The third-order valence-corrected chi connectivity index (χ3v) is 5.59. The number of nitrogens with zero attached hydrogens (tertiary/aromatic N) is 2. The van der Waals surface area contributed by atoms with E-state index in [2.05, 4.69) is 117 Å². The Balaban J connectivity index is 1.94. The quantitative estimate of drug-likeness (QED) is 0.384. The average Bonchev–Trinajstić information content (AvgIpc) is 2.76. The van der Waals surface area contributed by atoms with E-state index in [1.54, 1.807) is 0 Å². The van der Waals surface area contributed by atoms with Crippen molar-refractivity contribution in [2.45, 2.75) is 32.6 Å². The lowest BCUT2D eigenvalue weighted by atomic mass is 9.85. The molecule has 0 aromatic heterocycles. The van der Waals surface area contributed by atoms with Crippen LogP contribution in [0, 0.1) is 0 Å². The summed E-state index contributed by atoms with van der Waals surface area (Å²) in [7, 11) is 4.33. The predicted octanol–water partition coefficient (Wildman–Crippen LogP) is 6.56. The maximum absolute atomic E-state index is 2.32. The van der Waals surface area contributed by atoms with Gasteiger partial charge in [0.1, 0.15) is 0 Å². The molecule has 29 heavy (non-hydrogen) atoms. The lowest BCUT2D eigenvalue weighted by molar-refractivity contribution is 0.850. The second-order valence-electron chi connectivity index (χ2n) is 7.87. The van der Waals surface area contributed by atoms with Gasteiger partial charge in [-0.1, -0.05) is 68.4 Å². The van der Waals surface area contributed by atoms with Crippen molar-refractivity contribution in [3.05, 3.63) is 95.6 Å². The summed E-state index contributed by atoms with van der Waals surface area (Å²) >= 11 is 0. The van der Waals surface area contributed by atoms with Crippen LogP contribution in [-0.4, -0.2) is 27.2 Å². The molecular weight excluding hydrogens is 352 g/mol. The second kappa shape index (κ2) is 10.2. The number of benzene rings is 3. The van der Waals surface area contributed by atoms with Crippen molar-refractivity contribution in [1.82, 2.24) is 0 Å². The molecule has 3 aromatic rings. The molecule has 0 heterocycles. The molecule has 0 radical (unpaired) electrons. The summed E-state index contributed by atoms with van der Waals surface area (Å²) in [5.74, 6) is 0.243. The fraction of sp³-hybridized carbons (Fsp3) is 0.333. The van der Waals surface area contributed by atoms with E-state index in [-0.39, 0.29) is 5.92 Å². The van der Waals surface area contributed by atoms with E-state index in [0.29, 0.717) is 0 Å². The van der Waals surface area contributed by atoms with Gasteiger partial charge in [-0.15, -0.1) is 0 Å². The molecular formula is C27H34N2. The molecule has 3 aromatic carbocycles. The topological polar surface area (TPSA) is 6.48 Å². The summed E-state index contributed by atoms with van der Waals surface area (Å²) in [5, 5.41) is 0. The molecule has 0 saturated carbocycles. The highest BCUT2D eigenvalue weighted by Gasteiger charge is 2.17. The van der Waals surface area contributed by atoms with Crippen LogP contribution in [0.4, 0.5) is 11.4 Å². The van der Waals surface area contributed by atoms with E-state index in [1.807, 2.05) is 0 Å². The first-order valence-corrected chi connectivity index (χ1v) is 10.8. The third-order valence-electron chi connectivity index (χ3n) is 5.59. The summed E-state index contributed by atoms with van der Waals surface area (Å²) in [6.07, 6.45) is 2.31. The number of hydrogen-bond donors (Lipinski definition) is 0. The Morgan fingerprint density at radius 2 is 0.931 bits per heavy atom. The van der Waals surface area contributed by atoms with Crippen molar-refractivity contribution in [3.63, 3.8) is 0 Å². The van der Waals surface area contributed by atoms with Crippen LogP contribution in [0.2, 0.25) is 0 Å². The molecule has 0 aliphatic heterocycles. The van der Waals surface area contributed by atoms with Gasteiger partial charge in [-0.05, 0) is 53.8 Å². The van der Waals surface area contributed by atoms with Crippen LogP contribution in [0.15, 0.2) is 78.9 Å². The first-order valence-electron chi connectivity index (χ1n) is 10.8. The summed E-state index contributed by atoms with van der Waals surface area (Å²) < 4.78 is 0. The standard InChI is InChI=1S/C27H34N2/c1-5-20-28(3)25-16-12-23(13-17-25)27(22-10-8-7-9-11-22)24-14-18-26(19-15-24)29(4)21-6-2/h7-19,27H,5-6,20-21H2,1-4H3. The zero-order valence-electron chi connectivity index (χ0n) is 18.3. The van der Waals surface area contributed by atoms with Crippen molar-refractivity contribution in [3.8, 4) is 0 Å². The molecule has 0 fully saturated rings. The first-order chi connectivity index (χ1) is 14.1. The fourth-order valence-corrected chi connectivity index (χ4v) is 3.99. The van der Waals surface area contributed by atoms with Crippen molar-refractivity contribution < 1.29 is 0 Å². The van der Waals surface area contributed by atoms with E-state index in [0.717, 1.165) is 25.9 Å². The molecule has 3 rings (SSSR count). The number of anilines is 2. The maximum atomic E-state index is 2.32. The van der Waals surface area contributed by atoms with Crippen LogP contribution in [0.3, 0.4) is 0 Å². The van der Waals surface area contributed by atoms with Crippen molar-refractivity contribution in [1.29, 1.82) is 0 Å². The second-order valence-corrected chi connectivity index (χ2v) is 7.87. The Bertz CT molecular complexity index is 798. The average molecular weight is 387 g/mol. The smallest absolute Gasteiger partial charge is 0.0363 e. The minimum absolute atomic E-state index is 0.243. The Labute approximate surface area is 176 Å². The van der Waals surface area contributed by atoms with Gasteiger partial charge in [-0.2, -0.15) is 0 Å². The molecule has 0 aliphatic rings. The number of hydrogen-bond acceptors (Lipinski definition) is 2. The third kappa shape index (κ3) is 5.20. The van der Waals surface area contributed by atoms with E-state index < -0.39 is 0 Å². The normalized spacial score (nSPS) is 10.9. The molecule has 0 N–H and O–H groups in total. The maximum Gasteiger partial charge on any atom is 0.0363 e. The Morgan fingerprint density at radius 1 is 0.552 bits per heavy atom. The Hall–Kier alpha value is -2.74. The summed E-state index contributed by atoms with van der Waals surface area (Å²) in [6, 6.07) is 29.0. The van der Waals surface area contributed by atoms with Crippen LogP contribution >= 0.6 is 0 Å². The van der Waals surface area contributed by atoms with E-state index in [4.69, 9.17) is 0 Å². The predicted molar refractivity (Wildman–Crippen MR) is 127 cm³/mol. The van der Waals surface area contributed by atoms with Gasteiger partial charge in [0.25, 0.3) is 0 Å². The van der Waals surface area contributed by atoms with Gasteiger partial charge < -0.3 is 9.80 Å². The van der Waals surface area contributed by atoms with Crippen molar-refractivity contribution in [2.24, 2.45) is 0 Å². The van der Waals surface area contributed by atoms with Gasteiger partial charge in [0.2, 0.25) is 0 Å². The molecule has 2 nitrogen and oxygen atoms in total. The minimum Gasteiger partial charge on any atom is -0.375 e. The van der Waals surface area contributed by atoms with Crippen LogP contribution in [0.5, 0.6) is 0 Å². The molecule has 0 amide bonds. The highest BCUT2D eigenvalue weighted by atomic mass is 15.1. The van der Waals surface area contributed by atoms with E-state index in [9.17, 15) is 0 Å². The van der Waals surface area contributed by atoms with Crippen LogP contribution in [0.1, 0.15) is 49.3 Å². The summed E-state index contributed by atoms with van der Waals surface area (Å²) in [5.41, 5.74) is 6.55. The van der Waals surface area contributed by atoms with Gasteiger partial charge in [0.05, 0.1) is 0 Å². The first kappa shape index (κ1) is 21.0. The molecule has 152 valence electrons. The van der Waals surface area contributed by atoms with Gasteiger partial charge >= 0.3 is 0 Å². The molecule has 2 heteroatoms. The van der Waals surface area contributed by atoms with E-state index >= 15 is 0 Å². The minimum atomic E-state index is 0.243. The lowest BCUT2D eigenvalue weighted by Gasteiger charge is -2.23. The zero-order valence-corrected chi connectivity index (χ0v) is 18.3. The molecule has 0 spiro atoms. The zero-order chi connectivity index (χ0) is 20.6. The lowest BCUT2D eigenvalue weighted by Crippen LogP contribution is -2.18. The largest absolute Gasteiger partial charge is 0.375 e. The molecule has 0 atom stereocenters. The van der Waals surface area contributed by atoms with Crippen LogP contribution in [0.25, 0.3) is 0 Å². The molecule has 0 aliphatic carbocycles. The van der Waals surface area contributed by atoms with Gasteiger partial charge in [-0.25, -0.2) is 0 Å². The monoisotopic (exact) mass is 386 g/mol. The van der Waals surface area contributed by atoms with Crippen LogP contribution < -0.4 is 9.80 Å². The van der Waals surface area contributed by atoms with Crippen LogP contribution in [-0.2, 0) is 0 Å². The molecule has 0 saturated heterocycles. The highest BCUT2D eigenvalue weighted by molar-refractivity contribution is 5.53. The van der Waals surface area contributed by atoms with Crippen molar-refractivity contribution in [2.75, 3.05) is 37.0 Å². The highest BCUT2D eigenvalue weighted by Crippen LogP contribution is 2.33. The molecule has 0 unspecified atom stereocenters. The Kier molecular flexibility index (Phi) is 7.35. The van der Waals surface area contributed by atoms with Crippen molar-refractivity contribution >= 4 is 11.4 Å². The van der Waals surface area contributed by atoms with Gasteiger partial charge in [-0.3, -0.25) is 0 Å². The summed E-state index contributed by atoms with van der Waals surface area (Å²) in [4.78, 5) is 4.64. The molecule has 0 bridgehead atoms. The van der Waals surface area contributed by atoms with E-state index in [1.165, 1.54) is 28.1 Å². The number of rotatable bonds is 9. The SMILES string of the molecule is CCCN(C)c1ccc(C(c2ccccc2)c2ccc(N(C)CCC)cc2)cc1. The Morgan fingerprint density at radius 3 is 1.31 bits per heavy atom. The van der Waals surface area contributed by atoms with Gasteiger partial charge in [0.15, 0.2) is 0 Å². The fourth-order valence-electron chi connectivity index (χ4n) is 3.99. The summed E-state index contributed by atoms with van der Waals surface area (Å²) in [6.45, 7) is 6.60. The van der Waals surface area contributed by atoms with Gasteiger partial charge in [0, 0.05) is 44.5 Å².